The molecule has 0 fully saturated rings. The van der Waals surface area contributed by atoms with E-state index in [1.165, 1.54) is 0 Å². The summed E-state index contributed by atoms with van der Waals surface area (Å²) in [4.78, 5) is 23.9. The lowest BCUT2D eigenvalue weighted by Crippen LogP contribution is -2.36. The van der Waals surface area contributed by atoms with Crippen molar-refractivity contribution in [3.05, 3.63) is 70.2 Å². The standard InChI is InChI=1S/C19H21ClN2O3/c1-2-25-13-16-7-4-3-6-15(16)11-21-18(23)12-22-19(24)14-8-5-9-17(20)10-14/h3-10H,2,11-13H2,1H3,(H,21,23)(H,22,24). The van der Waals surface area contributed by atoms with Crippen LogP contribution in [-0.4, -0.2) is 25.0 Å². The molecule has 0 radical (unpaired) electrons. The van der Waals surface area contributed by atoms with Crippen LogP contribution < -0.4 is 10.6 Å². The first-order chi connectivity index (χ1) is 12.1. The van der Waals surface area contributed by atoms with Crippen LogP contribution in [0.3, 0.4) is 0 Å². The number of hydrogen-bond donors (Lipinski definition) is 2. The highest BCUT2D eigenvalue weighted by Gasteiger charge is 2.09. The van der Waals surface area contributed by atoms with Gasteiger partial charge in [0.1, 0.15) is 0 Å². The number of ether oxygens (including phenoxy) is 1. The van der Waals surface area contributed by atoms with Crippen molar-refractivity contribution in [3.8, 4) is 0 Å². The van der Waals surface area contributed by atoms with Crippen LogP contribution in [0.2, 0.25) is 5.02 Å². The summed E-state index contributed by atoms with van der Waals surface area (Å²) in [6, 6.07) is 14.3. The maximum absolute atomic E-state index is 12.0. The van der Waals surface area contributed by atoms with Crippen LogP contribution in [0.25, 0.3) is 0 Å². The van der Waals surface area contributed by atoms with Gasteiger partial charge in [0.05, 0.1) is 13.2 Å². The zero-order chi connectivity index (χ0) is 18.1. The van der Waals surface area contributed by atoms with Crippen LogP contribution in [0, 0.1) is 0 Å². The van der Waals surface area contributed by atoms with Gasteiger partial charge in [-0.05, 0) is 36.2 Å². The van der Waals surface area contributed by atoms with Crippen LogP contribution in [0.5, 0.6) is 0 Å². The van der Waals surface area contributed by atoms with Crippen LogP contribution in [0.1, 0.15) is 28.4 Å². The molecule has 0 spiro atoms. The zero-order valence-electron chi connectivity index (χ0n) is 14.0. The molecule has 2 N–H and O–H groups in total. The van der Waals surface area contributed by atoms with Crippen molar-refractivity contribution < 1.29 is 14.3 Å². The SMILES string of the molecule is CCOCc1ccccc1CNC(=O)CNC(=O)c1cccc(Cl)c1. The van der Waals surface area contributed by atoms with Crippen molar-refractivity contribution in [2.45, 2.75) is 20.1 Å². The normalized spacial score (nSPS) is 10.3. The van der Waals surface area contributed by atoms with E-state index >= 15 is 0 Å². The Balaban J connectivity index is 1.82. The van der Waals surface area contributed by atoms with Gasteiger partial charge < -0.3 is 15.4 Å². The van der Waals surface area contributed by atoms with Crippen molar-refractivity contribution in [3.63, 3.8) is 0 Å². The molecule has 6 heteroatoms. The van der Waals surface area contributed by atoms with Crippen LogP contribution in [0.4, 0.5) is 0 Å². The Morgan fingerprint density at radius 3 is 2.52 bits per heavy atom. The third kappa shape index (κ3) is 6.21. The number of halogens is 1. The lowest BCUT2D eigenvalue weighted by molar-refractivity contribution is -0.120. The lowest BCUT2D eigenvalue weighted by Gasteiger charge is -2.11. The summed E-state index contributed by atoms with van der Waals surface area (Å²) in [5.74, 6) is -0.601. The van der Waals surface area contributed by atoms with Gasteiger partial charge in [0, 0.05) is 23.7 Å². The molecule has 0 saturated carbocycles. The highest BCUT2D eigenvalue weighted by atomic mass is 35.5. The molecule has 0 unspecified atom stereocenters. The van der Waals surface area contributed by atoms with Crippen molar-refractivity contribution in [1.82, 2.24) is 10.6 Å². The van der Waals surface area contributed by atoms with Crippen LogP contribution in [-0.2, 0) is 22.7 Å². The van der Waals surface area contributed by atoms with E-state index in [0.29, 0.717) is 30.3 Å². The fraction of sp³-hybridized carbons (Fsp3) is 0.263. The zero-order valence-corrected chi connectivity index (χ0v) is 14.8. The number of carbonyl (C=O) groups is 2. The molecule has 2 rings (SSSR count). The molecule has 132 valence electrons. The van der Waals surface area contributed by atoms with Gasteiger partial charge in [0.15, 0.2) is 0 Å². The van der Waals surface area contributed by atoms with Gasteiger partial charge in [-0.3, -0.25) is 9.59 Å². The Labute approximate surface area is 152 Å². The van der Waals surface area contributed by atoms with Crippen LogP contribution >= 0.6 is 11.6 Å². The molecule has 25 heavy (non-hydrogen) atoms. The van der Waals surface area contributed by atoms with E-state index in [1.807, 2.05) is 31.2 Å². The maximum Gasteiger partial charge on any atom is 0.251 e. The first kappa shape index (κ1) is 19.0. The average molecular weight is 361 g/mol. The molecule has 0 aliphatic rings. The fourth-order valence-electron chi connectivity index (χ4n) is 2.23. The average Bonchev–Trinajstić information content (AvgIpc) is 2.63. The summed E-state index contributed by atoms with van der Waals surface area (Å²) in [7, 11) is 0. The molecule has 2 aromatic carbocycles. The van der Waals surface area contributed by atoms with Gasteiger partial charge in [-0.25, -0.2) is 0 Å². The first-order valence-corrected chi connectivity index (χ1v) is 8.43. The Hall–Kier alpha value is -2.37. The molecule has 2 aromatic rings. The number of carbonyl (C=O) groups excluding carboxylic acids is 2. The molecular weight excluding hydrogens is 340 g/mol. The van der Waals surface area contributed by atoms with Gasteiger partial charge in [-0.2, -0.15) is 0 Å². The second-order valence-corrected chi connectivity index (χ2v) is 5.81. The highest BCUT2D eigenvalue weighted by molar-refractivity contribution is 6.30. The van der Waals surface area contributed by atoms with Gasteiger partial charge >= 0.3 is 0 Å². The van der Waals surface area contributed by atoms with E-state index in [4.69, 9.17) is 16.3 Å². The van der Waals surface area contributed by atoms with E-state index in [9.17, 15) is 9.59 Å². The third-order valence-corrected chi connectivity index (χ3v) is 3.79. The summed E-state index contributed by atoms with van der Waals surface area (Å²) in [6.07, 6.45) is 0. The minimum absolute atomic E-state index is 0.0982. The largest absolute Gasteiger partial charge is 0.377 e. The van der Waals surface area contributed by atoms with E-state index in [0.717, 1.165) is 11.1 Å². The van der Waals surface area contributed by atoms with Crippen molar-refractivity contribution in [2.75, 3.05) is 13.2 Å². The topological polar surface area (TPSA) is 67.4 Å². The summed E-state index contributed by atoms with van der Waals surface area (Å²) in [5.41, 5.74) is 2.44. The second-order valence-electron chi connectivity index (χ2n) is 5.38. The number of benzene rings is 2. The molecule has 0 bridgehead atoms. The monoisotopic (exact) mass is 360 g/mol. The Bertz CT molecular complexity index is 734. The predicted molar refractivity (Wildman–Crippen MR) is 97.4 cm³/mol. The van der Waals surface area contributed by atoms with Crippen molar-refractivity contribution in [2.24, 2.45) is 0 Å². The Morgan fingerprint density at radius 1 is 1.04 bits per heavy atom. The third-order valence-electron chi connectivity index (χ3n) is 3.55. The number of amides is 2. The quantitative estimate of drug-likeness (QED) is 0.760. The molecule has 0 saturated heterocycles. The first-order valence-electron chi connectivity index (χ1n) is 8.05. The molecule has 0 atom stereocenters. The summed E-state index contributed by atoms with van der Waals surface area (Å²) in [5, 5.41) is 5.85. The van der Waals surface area contributed by atoms with Crippen molar-refractivity contribution in [1.29, 1.82) is 0 Å². The summed E-state index contributed by atoms with van der Waals surface area (Å²) < 4.78 is 5.42. The number of nitrogens with one attached hydrogen (secondary N) is 2. The van der Waals surface area contributed by atoms with E-state index in [1.54, 1.807) is 24.3 Å². The van der Waals surface area contributed by atoms with Crippen molar-refractivity contribution >= 4 is 23.4 Å². The maximum atomic E-state index is 12.0. The molecule has 5 nitrogen and oxygen atoms in total. The second kappa shape index (κ2) is 9.81. The molecule has 2 amide bonds. The number of rotatable bonds is 8. The minimum Gasteiger partial charge on any atom is -0.377 e. The lowest BCUT2D eigenvalue weighted by atomic mass is 10.1. The van der Waals surface area contributed by atoms with E-state index < -0.39 is 0 Å². The highest BCUT2D eigenvalue weighted by Crippen LogP contribution is 2.11. The predicted octanol–water partition coefficient (Wildman–Crippen LogP) is 2.92. The molecule has 0 aliphatic heterocycles. The summed E-state index contributed by atoms with van der Waals surface area (Å²) in [6.45, 7) is 3.37. The smallest absolute Gasteiger partial charge is 0.251 e. The Morgan fingerprint density at radius 2 is 1.80 bits per heavy atom. The number of hydrogen-bond acceptors (Lipinski definition) is 3. The van der Waals surface area contributed by atoms with Crippen LogP contribution in [0.15, 0.2) is 48.5 Å². The Kier molecular flexibility index (Phi) is 7.44. The molecule has 0 aliphatic carbocycles. The van der Waals surface area contributed by atoms with Gasteiger partial charge in [0.25, 0.3) is 5.91 Å². The molecular formula is C19H21ClN2O3. The molecule has 0 heterocycles. The van der Waals surface area contributed by atoms with Gasteiger partial charge in [-0.1, -0.05) is 41.9 Å². The van der Waals surface area contributed by atoms with E-state index in [2.05, 4.69) is 10.6 Å². The molecule has 0 aromatic heterocycles. The van der Waals surface area contributed by atoms with Gasteiger partial charge in [-0.15, -0.1) is 0 Å². The van der Waals surface area contributed by atoms with Gasteiger partial charge in [0.2, 0.25) is 5.91 Å². The fourth-order valence-corrected chi connectivity index (χ4v) is 2.42. The van der Waals surface area contributed by atoms with E-state index in [-0.39, 0.29) is 18.4 Å². The minimum atomic E-state index is -0.339. The summed E-state index contributed by atoms with van der Waals surface area (Å²) >= 11 is 5.85.